The molecule has 0 N–H and O–H groups in total. The first-order valence-electron chi connectivity index (χ1n) is 12.1. The quantitative estimate of drug-likeness (QED) is 0.464. The number of ether oxygens (including phenoxy) is 2. The van der Waals surface area contributed by atoms with E-state index in [0.717, 1.165) is 13.3 Å². The maximum atomic E-state index is 13.0. The molecular weight excluding hydrogens is 541 g/mol. The van der Waals surface area contributed by atoms with Gasteiger partial charge in [-0.15, -0.1) is 5.10 Å². The molecule has 3 aromatic rings. The van der Waals surface area contributed by atoms with Crippen molar-refractivity contribution in [1.82, 2.24) is 19.2 Å². The second-order valence-electron chi connectivity index (χ2n) is 9.70. The van der Waals surface area contributed by atoms with E-state index in [9.17, 15) is 31.2 Å². The van der Waals surface area contributed by atoms with E-state index in [1.165, 1.54) is 29.0 Å². The van der Waals surface area contributed by atoms with Crippen molar-refractivity contribution in [2.45, 2.75) is 54.9 Å². The molecule has 5 rings (SSSR count). The van der Waals surface area contributed by atoms with Crippen molar-refractivity contribution in [3.8, 4) is 17.3 Å². The largest absolute Gasteiger partial charge is 0.490 e. The molecule has 2 fully saturated rings. The number of amides is 1. The van der Waals surface area contributed by atoms with Gasteiger partial charge in [-0.1, -0.05) is 0 Å². The molecule has 39 heavy (non-hydrogen) atoms. The van der Waals surface area contributed by atoms with Crippen molar-refractivity contribution in [2.24, 2.45) is 7.05 Å². The Bertz CT molecular complexity index is 1550. The fourth-order valence-corrected chi connectivity index (χ4v) is 5.84. The number of benzene rings is 1. The molecule has 2 unspecified atom stereocenters. The average molecular weight is 567 g/mol. The molecule has 10 nitrogen and oxygen atoms in total. The van der Waals surface area contributed by atoms with Crippen LogP contribution in [-0.4, -0.2) is 58.2 Å². The summed E-state index contributed by atoms with van der Waals surface area (Å²) in [5.41, 5.74) is -0.885. The van der Waals surface area contributed by atoms with E-state index in [2.05, 4.69) is 5.10 Å². The first-order chi connectivity index (χ1) is 18.3. The molecule has 2 aliphatic rings. The number of alkyl halides is 3. The van der Waals surface area contributed by atoms with Crippen molar-refractivity contribution < 1.29 is 35.9 Å². The highest BCUT2D eigenvalue weighted by molar-refractivity contribution is 7.90. The third-order valence-electron chi connectivity index (χ3n) is 6.98. The van der Waals surface area contributed by atoms with Gasteiger partial charge in [-0.05, 0) is 43.2 Å². The summed E-state index contributed by atoms with van der Waals surface area (Å²) >= 11 is 0. The van der Waals surface area contributed by atoms with Crippen molar-refractivity contribution in [2.75, 3.05) is 6.26 Å². The molecule has 1 amide bonds. The van der Waals surface area contributed by atoms with Gasteiger partial charge in [0.15, 0.2) is 9.84 Å². The van der Waals surface area contributed by atoms with E-state index >= 15 is 0 Å². The summed E-state index contributed by atoms with van der Waals surface area (Å²) in [5, 5.41) is 3.65. The number of sulfone groups is 1. The zero-order valence-corrected chi connectivity index (χ0v) is 21.8. The number of hydrogen-bond donors (Lipinski definition) is 0. The van der Waals surface area contributed by atoms with Crippen LogP contribution in [0.1, 0.15) is 31.4 Å². The summed E-state index contributed by atoms with van der Waals surface area (Å²) in [6, 6.07) is 9.16. The number of aromatic nitrogens is 3. The highest BCUT2D eigenvalue weighted by atomic mass is 32.2. The highest BCUT2D eigenvalue weighted by Gasteiger charge is 2.45. The summed E-state index contributed by atoms with van der Waals surface area (Å²) in [6.07, 6.45) is -0.676. The minimum atomic E-state index is -4.62. The first kappa shape index (κ1) is 26.8. The number of nitrogens with zero attached hydrogens (tertiary/aromatic N) is 4. The van der Waals surface area contributed by atoms with Gasteiger partial charge in [0.25, 0.3) is 5.56 Å². The molecule has 1 aromatic carbocycles. The van der Waals surface area contributed by atoms with Crippen molar-refractivity contribution in [3.05, 3.63) is 64.7 Å². The average Bonchev–Trinajstić information content (AvgIpc) is 3.35. The molecule has 2 saturated heterocycles. The van der Waals surface area contributed by atoms with Gasteiger partial charge in [-0.2, -0.15) is 13.2 Å². The molecule has 0 radical (unpaired) electrons. The Morgan fingerprint density at radius 2 is 1.69 bits per heavy atom. The third-order valence-corrected chi connectivity index (χ3v) is 8.11. The summed E-state index contributed by atoms with van der Waals surface area (Å²) in [6.45, 7) is 0. The number of carbonyl (C=O) groups is 1. The van der Waals surface area contributed by atoms with E-state index < -0.39 is 33.7 Å². The number of pyridine rings is 1. The third kappa shape index (κ3) is 5.51. The summed E-state index contributed by atoms with van der Waals surface area (Å²) in [4.78, 5) is 27.2. The number of hydrogen-bond acceptors (Lipinski definition) is 7. The van der Waals surface area contributed by atoms with Crippen LogP contribution in [0.25, 0.3) is 5.69 Å². The predicted octanol–water partition coefficient (Wildman–Crippen LogP) is 3.57. The molecule has 0 saturated carbocycles. The van der Waals surface area contributed by atoms with Crippen LogP contribution in [0.15, 0.2) is 58.4 Å². The Morgan fingerprint density at radius 3 is 2.23 bits per heavy atom. The fraction of sp³-hybridized carbons (Fsp3) is 0.400. The van der Waals surface area contributed by atoms with Crippen LogP contribution in [0.4, 0.5) is 18.0 Å². The normalized spacial score (nSPS) is 21.2. The molecular formula is C25H25F3N4O6S. The number of carbonyl (C=O) groups excluding carboxylic acids is 1. The first-order valence-corrected chi connectivity index (χ1v) is 14.0. The van der Waals surface area contributed by atoms with Crippen molar-refractivity contribution >= 4 is 15.9 Å². The lowest BCUT2D eigenvalue weighted by atomic mass is 10.0. The highest BCUT2D eigenvalue weighted by Crippen LogP contribution is 2.38. The van der Waals surface area contributed by atoms with Gasteiger partial charge in [0.05, 0.1) is 4.90 Å². The lowest BCUT2D eigenvalue weighted by Crippen LogP contribution is -2.50. The van der Waals surface area contributed by atoms with Crippen molar-refractivity contribution in [3.63, 3.8) is 0 Å². The van der Waals surface area contributed by atoms with Crippen LogP contribution in [0.5, 0.6) is 11.6 Å². The maximum absolute atomic E-state index is 13.0. The second kappa shape index (κ2) is 9.74. The molecule has 208 valence electrons. The molecule has 14 heteroatoms. The number of rotatable bonds is 5. The zero-order valence-electron chi connectivity index (χ0n) is 21.0. The number of halogens is 3. The van der Waals surface area contributed by atoms with E-state index in [-0.39, 0.29) is 28.6 Å². The summed E-state index contributed by atoms with van der Waals surface area (Å²) < 4.78 is 75.6. The van der Waals surface area contributed by atoms with Crippen LogP contribution < -0.4 is 15.0 Å². The van der Waals surface area contributed by atoms with Gasteiger partial charge in [0.2, 0.25) is 5.88 Å². The Morgan fingerprint density at radius 1 is 1.05 bits per heavy atom. The second-order valence-corrected chi connectivity index (χ2v) is 11.7. The summed E-state index contributed by atoms with van der Waals surface area (Å²) in [5.74, 6) is -0.0586. The van der Waals surface area contributed by atoms with Crippen LogP contribution in [0, 0.1) is 0 Å². The molecule has 2 atom stereocenters. The van der Waals surface area contributed by atoms with Crippen LogP contribution in [0.3, 0.4) is 0 Å². The molecule has 4 heterocycles. The van der Waals surface area contributed by atoms with Crippen LogP contribution in [0.2, 0.25) is 0 Å². The topological polar surface area (TPSA) is 113 Å². The Balaban J connectivity index is 1.23. The Kier molecular flexibility index (Phi) is 6.69. The number of piperidine rings is 1. The van der Waals surface area contributed by atoms with E-state index in [0.29, 0.717) is 47.9 Å². The zero-order chi connectivity index (χ0) is 28.1. The molecule has 2 aliphatic heterocycles. The van der Waals surface area contributed by atoms with Gasteiger partial charge < -0.3 is 14.4 Å². The van der Waals surface area contributed by atoms with Gasteiger partial charge in [0.1, 0.15) is 17.5 Å². The maximum Gasteiger partial charge on any atom is 0.433 e. The molecule has 2 bridgehead atoms. The Hall–Kier alpha value is -3.81. The number of fused-ring (bicyclic) bond motifs is 2. The lowest BCUT2D eigenvalue weighted by Gasteiger charge is -2.37. The van der Waals surface area contributed by atoms with E-state index in [1.807, 2.05) is 0 Å². The van der Waals surface area contributed by atoms with Gasteiger partial charge in [0, 0.05) is 62.2 Å². The lowest BCUT2D eigenvalue weighted by molar-refractivity contribution is -0.143. The molecule has 2 aromatic heterocycles. The summed E-state index contributed by atoms with van der Waals surface area (Å²) in [7, 11) is -2.23. The monoisotopic (exact) mass is 566 g/mol. The van der Waals surface area contributed by atoms with E-state index in [1.54, 1.807) is 23.1 Å². The predicted molar refractivity (Wildman–Crippen MR) is 132 cm³/mol. The van der Waals surface area contributed by atoms with Crippen molar-refractivity contribution in [1.29, 1.82) is 0 Å². The number of aryl methyl sites for hydroxylation is 1. The van der Waals surface area contributed by atoms with Gasteiger partial charge >= 0.3 is 12.3 Å². The SMILES string of the molecule is Cn1nc(OC(=O)N2C3CCC2CC(Oc2ccn(-c4ccc(S(C)(=O)=O)cc4)c(=O)c2)C3)cc1C(F)(F)F. The Labute approximate surface area is 221 Å². The molecule has 0 aliphatic carbocycles. The van der Waals surface area contributed by atoms with Gasteiger partial charge in [-0.25, -0.2) is 13.2 Å². The minimum absolute atomic E-state index is 0.148. The van der Waals surface area contributed by atoms with Gasteiger partial charge in [-0.3, -0.25) is 14.0 Å². The van der Waals surface area contributed by atoms with Crippen LogP contribution in [-0.2, 0) is 23.1 Å². The standard InChI is InChI=1S/C25H25F3N4O6S/c1-30-21(25(26,27)28)14-22(29-30)38-24(34)32-16-3-4-17(32)12-19(11-16)37-18-9-10-31(23(33)13-18)15-5-7-20(8-6-15)39(2,35)36/h5-10,13-14,16-17,19H,3-4,11-12H2,1-2H3. The van der Waals surface area contributed by atoms with Crippen LogP contribution >= 0.6 is 0 Å². The minimum Gasteiger partial charge on any atom is -0.490 e. The smallest absolute Gasteiger partial charge is 0.433 e. The fourth-order valence-electron chi connectivity index (χ4n) is 5.21. The van der Waals surface area contributed by atoms with E-state index in [4.69, 9.17) is 9.47 Å². The molecule has 0 spiro atoms.